The van der Waals surface area contributed by atoms with Crippen LogP contribution in [0.15, 0.2) is 340 Å². The number of allylic oxidation sites excluding steroid dienone is 4. The molecule has 700 valence electrons. The standard InChI is InChI=1S/C22H27N2.C21H27N2O2.C19H18N2O2.C19H23N2.2C16H22N5/c1-4-5-14-24(3)21-11-9-18(10-12-21)16-19-7-6-8-20-17-23(2)15-13-22(19)20;1-2-3-13-22-14-5-4-6-20(22)10-7-19-8-11-21(12-9-19)23(15-17-24)16-18-25;1-3-4-9-21-14-10-11(2)17(20)16-15(14)18(22)12-7-5-6-8-13(12)19(16)23;1-4-5-15-21-16-7-6-8-19(21)14-11-17-9-12-18(13-10-17)20(2)3;1-5-6-11-19(2)15-9-7-14(8-10-15)17-18-16-20(3)12-13-21(16)4;1-5-6-11-21-13-12-20(4)16(21)18-17-14-7-9-15(10-8-14)19(2)3/h4,9-13,15-17H,1,5-8,14H2,2-3H3;2,4-12,14,24-25H,1,3,13,15-18H2;3,5-8,10,21H,1,4,9,20H2,2H3;4,6-14,16H,1,5,15H2,2-3H3;2*5,7-10,12-13H,1,6,11H2,2-4H3/q2*+1;;3*+1. The summed E-state index contributed by atoms with van der Waals surface area (Å²) in [5.41, 5.74) is 27.3. The number of aryl methyl sites for hydroxylation is 9. The molecule has 0 radical (unpaired) electrons. The predicted molar refractivity (Wildman–Crippen MR) is 560 cm³/mol. The van der Waals surface area contributed by atoms with E-state index in [2.05, 4.69) is 285 Å². The number of aliphatic hydroxyl groups is 2. The molecule has 22 heteroatoms. The quantitative estimate of drug-likeness (QED) is 0.00947. The molecule has 0 saturated carbocycles. The van der Waals surface area contributed by atoms with Gasteiger partial charge in [-0.25, -0.2) is 22.8 Å². The van der Waals surface area contributed by atoms with Crippen LogP contribution < -0.4 is 58.4 Å². The van der Waals surface area contributed by atoms with E-state index in [4.69, 9.17) is 15.9 Å². The Morgan fingerprint density at radius 3 is 1.42 bits per heavy atom. The van der Waals surface area contributed by atoms with E-state index in [1.807, 2.05) is 195 Å². The van der Waals surface area contributed by atoms with Gasteiger partial charge >= 0.3 is 11.9 Å². The Labute approximate surface area is 801 Å². The van der Waals surface area contributed by atoms with Crippen LogP contribution in [0.3, 0.4) is 0 Å². The van der Waals surface area contributed by atoms with Gasteiger partial charge in [0.05, 0.1) is 76.8 Å². The lowest BCUT2D eigenvalue weighted by Gasteiger charge is -2.23. The largest absolute Gasteiger partial charge is 0.421 e. The van der Waals surface area contributed by atoms with Crippen molar-refractivity contribution in [2.75, 3.05) is 124 Å². The van der Waals surface area contributed by atoms with Crippen molar-refractivity contribution in [2.45, 2.75) is 84.3 Å². The van der Waals surface area contributed by atoms with Gasteiger partial charge in [0.25, 0.3) is 0 Å². The zero-order valence-electron chi connectivity index (χ0n) is 81.1. The van der Waals surface area contributed by atoms with Crippen LogP contribution >= 0.6 is 0 Å². The highest BCUT2D eigenvalue weighted by Gasteiger charge is 2.34. The van der Waals surface area contributed by atoms with Gasteiger partial charge in [-0.3, -0.25) is 9.59 Å². The number of nitrogens with one attached hydrogen (secondary N) is 1. The molecule has 0 aliphatic heterocycles. The molecule has 5 aromatic heterocycles. The minimum Gasteiger partial charge on any atom is -0.398 e. The van der Waals surface area contributed by atoms with Gasteiger partial charge in [0.15, 0.2) is 49.4 Å². The average Bonchev–Trinajstić information content (AvgIpc) is 0.998. The number of carbonyl (C=O) groups is 2. The van der Waals surface area contributed by atoms with Crippen LogP contribution in [0, 0.1) is 6.92 Å². The number of nitrogens with zero attached hydrogens (tertiary/aromatic N) is 16. The third kappa shape index (κ3) is 31.4. The number of fused-ring (bicyclic) bond motifs is 3. The van der Waals surface area contributed by atoms with E-state index in [1.54, 1.807) is 30.3 Å². The molecule has 0 bridgehead atoms. The highest BCUT2D eigenvalue weighted by atomic mass is 16.3. The molecular weight excluding hydrogens is 1670 g/mol. The zero-order valence-corrected chi connectivity index (χ0v) is 81.1. The molecule has 2 aliphatic rings. The van der Waals surface area contributed by atoms with E-state index < -0.39 is 0 Å². The number of ketones is 2. The Morgan fingerprint density at radius 1 is 0.467 bits per heavy atom. The number of anilines is 7. The van der Waals surface area contributed by atoms with E-state index in [0.717, 1.165) is 123 Å². The topological polar surface area (TPSA) is 208 Å². The normalized spacial score (nSPS) is 12.0. The van der Waals surface area contributed by atoms with Crippen molar-refractivity contribution in [1.29, 1.82) is 0 Å². The Hall–Kier alpha value is -14.9. The average molecular weight is 1810 g/mol. The molecule has 135 heavy (non-hydrogen) atoms. The number of nitrogen functional groups attached to an aromatic ring is 1. The second-order valence-electron chi connectivity index (χ2n) is 33.4. The first-order valence-electron chi connectivity index (χ1n) is 46.1. The van der Waals surface area contributed by atoms with Crippen molar-refractivity contribution in [3.05, 3.63) is 387 Å². The summed E-state index contributed by atoms with van der Waals surface area (Å²) in [5, 5.41) is 38.7. The smallest absolute Gasteiger partial charge is 0.398 e. The lowest BCUT2D eigenvalue weighted by molar-refractivity contribution is -0.697. The van der Waals surface area contributed by atoms with Crippen LogP contribution in [0.5, 0.6) is 0 Å². The molecule has 0 unspecified atom stereocenters. The Balaban J connectivity index is 0.000000182. The molecule has 0 saturated heterocycles. The first kappa shape index (κ1) is 104. The van der Waals surface area contributed by atoms with E-state index in [1.165, 1.54) is 69.8 Å². The summed E-state index contributed by atoms with van der Waals surface area (Å²) in [6.07, 6.45) is 48.0. The number of benzene rings is 7. The van der Waals surface area contributed by atoms with Gasteiger partial charge in [0.1, 0.15) is 18.4 Å². The van der Waals surface area contributed by atoms with Gasteiger partial charge < -0.3 is 45.8 Å². The number of hydrogen-bond donors (Lipinski definition) is 4. The van der Waals surface area contributed by atoms with E-state index in [9.17, 15) is 9.59 Å². The zero-order chi connectivity index (χ0) is 97.0. The molecule has 2 aliphatic carbocycles. The summed E-state index contributed by atoms with van der Waals surface area (Å²) in [6, 6.07) is 65.0. The van der Waals surface area contributed by atoms with Crippen LogP contribution in [-0.2, 0) is 54.2 Å². The second-order valence-corrected chi connectivity index (χ2v) is 33.4. The SMILES string of the molecule is C=CCCN(C)c1ccc(/C=C2\CCCc3c[n+](C)ccc32)cc1.C=CCCN(C)c1ccc(N=Nc2n(C)cc[n+]2C)cc1.C=CCCNc1cc(C)c(N)c2c1C(=O)c1ccccc1C2=O.C=CCC[n+]1ccccc1/C=C/c1ccc(N(C)C)cc1.C=CCC[n+]1ccccc1/C=C/c1ccc(N(CCO)CCO)cc1.C=CCCn1cc[n+](C)c1N=Nc1ccc(N(C)C)cc1. The van der Waals surface area contributed by atoms with Crippen LogP contribution in [0.2, 0.25) is 0 Å². The highest BCUT2D eigenvalue weighted by Crippen LogP contribution is 2.38. The number of carbonyl (C=O) groups excluding carboxylic acids is 2. The monoisotopic (exact) mass is 1810 g/mol. The fourth-order valence-corrected chi connectivity index (χ4v) is 15.1. The van der Waals surface area contributed by atoms with Crippen molar-refractivity contribution in [3.63, 3.8) is 0 Å². The van der Waals surface area contributed by atoms with Gasteiger partial charge in [-0.1, -0.05) is 113 Å². The molecule has 22 nitrogen and oxygen atoms in total. The van der Waals surface area contributed by atoms with Gasteiger partial charge in [-0.15, -0.1) is 39.5 Å². The van der Waals surface area contributed by atoms with Crippen LogP contribution in [0.4, 0.5) is 63.1 Å². The van der Waals surface area contributed by atoms with Crippen molar-refractivity contribution in [3.8, 4) is 0 Å². The number of azo groups is 2. The summed E-state index contributed by atoms with van der Waals surface area (Å²) < 4.78 is 14.5. The maximum atomic E-state index is 12.9. The summed E-state index contributed by atoms with van der Waals surface area (Å²) in [7, 11) is 20.3. The van der Waals surface area contributed by atoms with Crippen molar-refractivity contribution in [2.24, 2.45) is 48.6 Å². The van der Waals surface area contributed by atoms with Crippen LogP contribution in [-0.4, -0.2) is 119 Å². The number of pyridine rings is 3. The number of aliphatic hydroxyl groups excluding tert-OH is 2. The fourth-order valence-electron chi connectivity index (χ4n) is 15.1. The van der Waals surface area contributed by atoms with Crippen molar-refractivity contribution >= 4 is 111 Å². The minimum atomic E-state index is -0.192. The Kier molecular flexibility index (Phi) is 42.2. The lowest BCUT2D eigenvalue weighted by atomic mass is 9.81. The lowest BCUT2D eigenvalue weighted by Crippen LogP contribution is -2.36. The molecule has 14 rings (SSSR count). The number of imidazole rings is 2. The number of nitrogens with two attached hydrogens (primary N) is 1. The molecule has 7 aromatic carbocycles. The second kappa shape index (κ2) is 54.8. The number of hydrogen-bond acceptors (Lipinski definition) is 15. The number of rotatable bonds is 37. The maximum absolute atomic E-state index is 12.9. The molecule has 0 atom stereocenters. The van der Waals surface area contributed by atoms with E-state index in [0.29, 0.717) is 53.3 Å². The molecule has 5 heterocycles. The van der Waals surface area contributed by atoms with Crippen LogP contribution in [0.25, 0.3) is 36.0 Å². The maximum Gasteiger partial charge on any atom is 0.421 e. The molecule has 12 aromatic rings. The Morgan fingerprint density at radius 2 is 0.926 bits per heavy atom. The van der Waals surface area contributed by atoms with Gasteiger partial charge in [0.2, 0.25) is 11.4 Å². The predicted octanol–water partition coefficient (Wildman–Crippen LogP) is 20.7. The first-order chi connectivity index (χ1) is 65.4. The number of aromatic nitrogens is 7. The van der Waals surface area contributed by atoms with Crippen molar-refractivity contribution in [1.82, 2.24) is 9.13 Å². The Bertz CT molecular complexity index is 5990. The molecule has 0 amide bonds. The molecule has 5 N–H and O–H groups in total. The van der Waals surface area contributed by atoms with Crippen molar-refractivity contribution < 1.29 is 42.6 Å². The third-order valence-corrected chi connectivity index (χ3v) is 22.9. The fraction of sp³-hybridized carbons (Fsp3) is 0.265. The van der Waals surface area contributed by atoms with E-state index in [-0.39, 0.29) is 24.8 Å². The van der Waals surface area contributed by atoms with E-state index >= 15 is 0 Å². The first-order valence-corrected chi connectivity index (χ1v) is 46.1. The van der Waals surface area contributed by atoms with Gasteiger partial charge in [-0.2, -0.15) is 9.13 Å². The molecular formula is C113H139N18O4+5. The molecule has 0 fully saturated rings. The van der Waals surface area contributed by atoms with Gasteiger partial charge in [0, 0.05) is 197 Å². The highest BCUT2D eigenvalue weighted by molar-refractivity contribution is 6.32. The summed E-state index contributed by atoms with van der Waals surface area (Å²) >= 11 is 0. The van der Waals surface area contributed by atoms with Crippen LogP contribution in [0.1, 0.15) is 128 Å². The minimum absolute atomic E-state index is 0.0698. The molecule has 0 spiro atoms. The summed E-state index contributed by atoms with van der Waals surface area (Å²) in [4.78, 5) is 36.3. The van der Waals surface area contributed by atoms with Gasteiger partial charge in [-0.05, 0) is 201 Å². The summed E-state index contributed by atoms with van der Waals surface area (Å²) in [5.74, 6) is 1.28. The summed E-state index contributed by atoms with van der Waals surface area (Å²) in [6.45, 7) is 30.9. The third-order valence-electron chi connectivity index (χ3n) is 22.9.